The number of hydrogen-bond donors (Lipinski definition) is 6. The maximum absolute atomic E-state index is 10.2. The molecule has 3 aliphatic rings. The minimum Gasteiger partial charge on any atom is -0.394 e. The zero-order valence-corrected chi connectivity index (χ0v) is 12.8. The summed E-state index contributed by atoms with van der Waals surface area (Å²) in [4.78, 5) is 0. The molecule has 11 heteroatoms. The van der Waals surface area contributed by atoms with Crippen molar-refractivity contribution in [2.75, 3.05) is 20.3 Å². The third kappa shape index (κ3) is 2.75. The maximum atomic E-state index is 10.2. The summed E-state index contributed by atoms with van der Waals surface area (Å²) < 4.78 is 26.5. The van der Waals surface area contributed by atoms with Gasteiger partial charge in [0.05, 0.1) is 13.2 Å². The number of hydrogen-bond acceptors (Lipinski definition) is 11. The third-order valence-corrected chi connectivity index (χ3v) is 4.53. The van der Waals surface area contributed by atoms with Gasteiger partial charge >= 0.3 is 5.97 Å². The first-order valence-electron chi connectivity index (χ1n) is 7.53. The summed E-state index contributed by atoms with van der Waals surface area (Å²) in [7, 11) is 1.30. The topological polar surface area (TPSA) is 168 Å². The van der Waals surface area contributed by atoms with Gasteiger partial charge in [0, 0.05) is 7.11 Å². The number of ether oxygens (including phenoxy) is 5. The van der Waals surface area contributed by atoms with Crippen molar-refractivity contribution in [3.63, 3.8) is 0 Å². The van der Waals surface area contributed by atoms with Gasteiger partial charge in [-0.05, 0) is 0 Å². The van der Waals surface area contributed by atoms with Gasteiger partial charge < -0.3 is 54.3 Å². The van der Waals surface area contributed by atoms with Crippen molar-refractivity contribution in [2.45, 2.75) is 61.1 Å². The van der Waals surface area contributed by atoms with Gasteiger partial charge in [-0.15, -0.1) is 0 Å². The molecule has 6 N–H and O–H groups in total. The van der Waals surface area contributed by atoms with E-state index in [1.165, 1.54) is 7.11 Å². The monoisotopic (exact) mass is 354 g/mol. The molecule has 0 saturated carbocycles. The predicted molar refractivity (Wildman–Crippen MR) is 71.2 cm³/mol. The summed E-state index contributed by atoms with van der Waals surface area (Å²) in [6.45, 7) is -0.882. The second kappa shape index (κ2) is 6.70. The van der Waals surface area contributed by atoms with E-state index in [2.05, 4.69) is 0 Å². The molecule has 0 amide bonds. The predicted octanol–water partition coefficient (Wildman–Crippen LogP) is -4.38. The summed E-state index contributed by atoms with van der Waals surface area (Å²) in [5, 5.41) is 59.4. The fourth-order valence-corrected chi connectivity index (χ4v) is 3.13. The van der Waals surface area contributed by atoms with Crippen LogP contribution in [0.1, 0.15) is 0 Å². The normalized spacial score (nSPS) is 55.4. The molecule has 3 heterocycles. The van der Waals surface area contributed by atoms with Gasteiger partial charge in [0.15, 0.2) is 12.4 Å². The molecule has 0 radical (unpaired) electrons. The van der Waals surface area contributed by atoms with Crippen molar-refractivity contribution < 1.29 is 54.3 Å². The second-order valence-electron chi connectivity index (χ2n) is 6.02. The van der Waals surface area contributed by atoms with E-state index in [0.717, 1.165) is 0 Å². The van der Waals surface area contributed by atoms with Gasteiger partial charge in [0.1, 0.15) is 42.7 Å². The van der Waals surface area contributed by atoms with Crippen molar-refractivity contribution in [1.82, 2.24) is 0 Å². The molecule has 3 fully saturated rings. The van der Waals surface area contributed by atoms with Gasteiger partial charge in [-0.2, -0.15) is 0 Å². The first-order valence-corrected chi connectivity index (χ1v) is 7.53. The number of rotatable bonds is 2. The summed E-state index contributed by atoms with van der Waals surface area (Å²) in [5.74, 6) is -2.23. The fourth-order valence-electron chi connectivity index (χ4n) is 3.13. The number of fused-ring (bicyclic) bond motifs is 1. The number of aliphatic hydroxyl groups excluding tert-OH is 6. The lowest BCUT2D eigenvalue weighted by Crippen LogP contribution is -2.73. The molecule has 140 valence electrons. The van der Waals surface area contributed by atoms with Crippen molar-refractivity contribution in [3.8, 4) is 0 Å². The highest BCUT2D eigenvalue weighted by Crippen LogP contribution is 2.40. The molecular weight excluding hydrogens is 332 g/mol. The molecule has 0 aromatic heterocycles. The van der Waals surface area contributed by atoms with Crippen molar-refractivity contribution in [1.29, 1.82) is 0 Å². The van der Waals surface area contributed by atoms with Crippen LogP contribution in [0.2, 0.25) is 0 Å². The van der Waals surface area contributed by atoms with Gasteiger partial charge in [-0.3, -0.25) is 0 Å². The van der Waals surface area contributed by atoms with Crippen LogP contribution in [0.4, 0.5) is 0 Å². The zero-order valence-electron chi connectivity index (χ0n) is 12.8. The molecule has 0 aromatic carbocycles. The van der Waals surface area contributed by atoms with Crippen molar-refractivity contribution in [3.05, 3.63) is 0 Å². The van der Waals surface area contributed by atoms with E-state index >= 15 is 0 Å². The minimum atomic E-state index is -2.23. The summed E-state index contributed by atoms with van der Waals surface area (Å²) in [5.41, 5.74) is 0. The Morgan fingerprint density at radius 2 is 1.71 bits per heavy atom. The maximum Gasteiger partial charge on any atom is 0.314 e. The van der Waals surface area contributed by atoms with E-state index in [1.807, 2.05) is 0 Å². The van der Waals surface area contributed by atoms with Crippen LogP contribution in [-0.4, -0.2) is 112 Å². The van der Waals surface area contributed by atoms with Crippen LogP contribution in [0.3, 0.4) is 0 Å². The second-order valence-corrected chi connectivity index (χ2v) is 6.02. The van der Waals surface area contributed by atoms with E-state index < -0.39 is 67.7 Å². The molecule has 3 aliphatic heterocycles. The van der Waals surface area contributed by atoms with Crippen molar-refractivity contribution in [2.24, 2.45) is 0 Å². The van der Waals surface area contributed by atoms with Crippen LogP contribution in [0, 0.1) is 0 Å². The fraction of sp³-hybridized carbons (Fsp3) is 1.00. The molecule has 0 aromatic rings. The van der Waals surface area contributed by atoms with Crippen LogP contribution in [0.25, 0.3) is 0 Å². The van der Waals surface area contributed by atoms with E-state index in [1.54, 1.807) is 0 Å². The van der Waals surface area contributed by atoms with E-state index in [-0.39, 0.29) is 6.61 Å². The molecule has 1 spiro atoms. The number of aliphatic hydroxyl groups is 6. The van der Waals surface area contributed by atoms with Crippen LogP contribution in [0.15, 0.2) is 0 Å². The Bertz CT molecular complexity index is 446. The first-order chi connectivity index (χ1) is 11.3. The first kappa shape index (κ1) is 18.4. The quantitative estimate of drug-likeness (QED) is 0.283. The molecule has 3 rings (SSSR count). The van der Waals surface area contributed by atoms with Crippen LogP contribution in [-0.2, 0) is 23.7 Å². The molecule has 3 saturated heterocycles. The molecular formula is C13H22O11. The highest BCUT2D eigenvalue weighted by molar-refractivity contribution is 4.99. The largest absolute Gasteiger partial charge is 0.394 e. The Kier molecular flexibility index (Phi) is 5.12. The van der Waals surface area contributed by atoms with Gasteiger partial charge in [-0.1, -0.05) is 0 Å². The van der Waals surface area contributed by atoms with Crippen LogP contribution in [0.5, 0.6) is 0 Å². The molecule has 11 nitrogen and oxygen atoms in total. The summed E-state index contributed by atoms with van der Waals surface area (Å²) in [6, 6.07) is 0. The average Bonchev–Trinajstić information content (AvgIpc) is 2.60. The van der Waals surface area contributed by atoms with Crippen molar-refractivity contribution >= 4 is 0 Å². The average molecular weight is 354 g/mol. The zero-order chi connectivity index (χ0) is 17.6. The minimum absolute atomic E-state index is 0.216. The van der Waals surface area contributed by atoms with Crippen LogP contribution < -0.4 is 0 Å². The SMILES string of the molecule is CO[C@H]1O[C@@H]2CO[C@]3(O[C@@H]2[C@@H](O)[C@H]1O)O[C@H](CO)[C@@H](O)[C@H](O)[C@@H]3O. The highest BCUT2D eigenvalue weighted by Gasteiger charge is 2.62. The molecule has 0 bridgehead atoms. The van der Waals surface area contributed by atoms with Gasteiger partial charge in [-0.25, -0.2) is 0 Å². The Balaban J connectivity index is 1.82. The standard InChI is InChI=1S/C13H22O11/c1-20-12-9(18)7(16)10-5(22-12)3-21-13(24-10)11(19)8(17)6(15)4(2-14)23-13/h4-12,14-19H,2-3H2,1H3/t4-,5-,6-,7+,8+,9-,10+,11+,12+,13+/m1/s1. The lowest BCUT2D eigenvalue weighted by molar-refractivity contribution is -0.509. The molecule has 10 atom stereocenters. The Morgan fingerprint density at radius 3 is 2.33 bits per heavy atom. The van der Waals surface area contributed by atoms with E-state index in [9.17, 15) is 30.6 Å². The smallest absolute Gasteiger partial charge is 0.314 e. The Hall–Kier alpha value is -0.440. The molecule has 24 heavy (non-hydrogen) atoms. The Morgan fingerprint density at radius 1 is 1.00 bits per heavy atom. The summed E-state index contributed by atoms with van der Waals surface area (Å²) in [6.07, 6.45) is -12.3. The molecule has 0 unspecified atom stereocenters. The number of methoxy groups -OCH3 is 1. The van der Waals surface area contributed by atoms with E-state index in [4.69, 9.17) is 23.7 Å². The van der Waals surface area contributed by atoms with E-state index in [0.29, 0.717) is 0 Å². The highest BCUT2D eigenvalue weighted by atomic mass is 16.9. The lowest BCUT2D eigenvalue weighted by atomic mass is 9.94. The third-order valence-electron chi connectivity index (χ3n) is 4.53. The van der Waals surface area contributed by atoms with Gasteiger partial charge in [0.2, 0.25) is 0 Å². The molecule has 0 aliphatic carbocycles. The summed E-state index contributed by atoms with van der Waals surface area (Å²) >= 11 is 0. The Labute approximate surface area is 136 Å². The van der Waals surface area contributed by atoms with Gasteiger partial charge in [0.25, 0.3) is 0 Å². The lowest BCUT2D eigenvalue weighted by Gasteiger charge is -2.54. The van der Waals surface area contributed by atoms with Crippen LogP contribution >= 0.6 is 0 Å².